The van der Waals surface area contributed by atoms with Gasteiger partial charge in [-0.3, -0.25) is 9.69 Å². The van der Waals surface area contributed by atoms with E-state index in [1.807, 2.05) is 4.90 Å². The fourth-order valence-electron chi connectivity index (χ4n) is 3.92. The van der Waals surface area contributed by atoms with Crippen LogP contribution in [0.4, 0.5) is 20.6 Å². The average Bonchev–Trinajstić information content (AvgIpc) is 3.16. The zero-order chi connectivity index (χ0) is 22.7. The molecule has 2 heterocycles. The fourth-order valence-corrected chi connectivity index (χ4v) is 3.92. The molecule has 0 aliphatic carbocycles. The molecule has 32 heavy (non-hydrogen) atoms. The second-order valence-electron chi connectivity index (χ2n) is 7.93. The number of rotatable bonds is 7. The molecule has 0 aromatic heterocycles. The van der Waals surface area contributed by atoms with E-state index in [1.165, 1.54) is 23.1 Å². The van der Waals surface area contributed by atoms with E-state index in [0.29, 0.717) is 49.7 Å². The van der Waals surface area contributed by atoms with Crippen molar-refractivity contribution in [1.29, 1.82) is 0 Å². The minimum absolute atomic E-state index is 0.0782. The Labute approximate surface area is 184 Å². The van der Waals surface area contributed by atoms with Crippen molar-refractivity contribution in [3.63, 3.8) is 0 Å². The van der Waals surface area contributed by atoms with E-state index in [1.54, 1.807) is 18.2 Å². The van der Waals surface area contributed by atoms with E-state index >= 15 is 0 Å². The summed E-state index contributed by atoms with van der Waals surface area (Å²) < 4.78 is 25.3. The number of phenolic OH excluding ortho intramolecular Hbond substituents is 2. The number of carbonyl (C=O) groups excluding carboxylic acids is 2. The highest BCUT2D eigenvalue weighted by atomic mass is 19.1. The molecule has 2 N–H and O–H groups in total. The van der Waals surface area contributed by atoms with Gasteiger partial charge in [-0.2, -0.15) is 0 Å². The summed E-state index contributed by atoms with van der Waals surface area (Å²) in [5, 5.41) is 18.9. The quantitative estimate of drug-likeness (QED) is 0.634. The highest BCUT2D eigenvalue weighted by molar-refractivity contribution is 5.90. The normalized spacial score (nSPS) is 18.7. The van der Waals surface area contributed by atoms with Gasteiger partial charge in [-0.15, -0.1) is 0 Å². The number of carbonyl (C=O) groups is 2. The summed E-state index contributed by atoms with van der Waals surface area (Å²) in [7, 11) is 0. The summed E-state index contributed by atoms with van der Waals surface area (Å²) >= 11 is 0. The fraction of sp³-hybridized carbons (Fsp3) is 0.391. The molecule has 170 valence electrons. The Morgan fingerprint density at radius 3 is 2.59 bits per heavy atom. The third-order valence-corrected chi connectivity index (χ3v) is 5.66. The van der Waals surface area contributed by atoms with Crippen LogP contribution in [0.25, 0.3) is 0 Å². The second kappa shape index (κ2) is 9.44. The Kier molecular flexibility index (Phi) is 6.45. The minimum atomic E-state index is -0.565. The lowest BCUT2D eigenvalue weighted by Gasteiger charge is -2.29. The Bertz CT molecular complexity index is 1010. The van der Waals surface area contributed by atoms with E-state index < -0.39 is 18.0 Å². The van der Waals surface area contributed by atoms with Crippen molar-refractivity contribution in [3.05, 3.63) is 47.8 Å². The predicted molar refractivity (Wildman–Crippen MR) is 115 cm³/mol. The monoisotopic (exact) mass is 444 g/mol. The van der Waals surface area contributed by atoms with Crippen LogP contribution in [0.1, 0.15) is 18.4 Å². The molecule has 0 radical (unpaired) electrons. The number of phenols is 2. The molecule has 4 rings (SSSR count). The first-order chi connectivity index (χ1) is 15.4. The Morgan fingerprint density at radius 2 is 1.88 bits per heavy atom. The molecule has 1 amide bonds. The van der Waals surface area contributed by atoms with Gasteiger partial charge in [-0.1, -0.05) is 6.07 Å². The number of ether oxygens (including phenoxy) is 2. The van der Waals surface area contributed by atoms with Crippen LogP contribution in [0.3, 0.4) is 0 Å². The number of hydrogen-bond acceptors (Lipinski definition) is 7. The van der Waals surface area contributed by atoms with Gasteiger partial charge in [0.25, 0.3) is 0 Å². The van der Waals surface area contributed by atoms with Crippen LogP contribution in [-0.4, -0.2) is 61.0 Å². The van der Waals surface area contributed by atoms with Crippen molar-refractivity contribution in [3.8, 4) is 11.5 Å². The minimum Gasteiger partial charge on any atom is -0.504 e. The zero-order valence-corrected chi connectivity index (χ0v) is 17.5. The van der Waals surface area contributed by atoms with Crippen LogP contribution in [0, 0.1) is 5.82 Å². The van der Waals surface area contributed by atoms with Gasteiger partial charge in [-0.25, -0.2) is 9.18 Å². The summed E-state index contributed by atoms with van der Waals surface area (Å²) in [6.45, 7) is 2.56. The number of halogens is 1. The SMILES string of the molecule is O=C(CC[C@H]1CN(c2ccc(N3CCOCC3)c(F)c2)C(=O)O1)Cc1ccc(O)c(O)c1. The maximum Gasteiger partial charge on any atom is 0.414 e. The Balaban J connectivity index is 1.32. The lowest BCUT2D eigenvalue weighted by atomic mass is 10.0. The summed E-state index contributed by atoms with van der Waals surface area (Å²) in [5.41, 5.74) is 1.48. The lowest BCUT2D eigenvalue weighted by molar-refractivity contribution is -0.118. The molecule has 8 nitrogen and oxygen atoms in total. The zero-order valence-electron chi connectivity index (χ0n) is 17.5. The van der Waals surface area contributed by atoms with Gasteiger partial charge in [0.2, 0.25) is 0 Å². The molecule has 2 aromatic rings. The Hall–Kier alpha value is -3.33. The van der Waals surface area contributed by atoms with Gasteiger partial charge in [0, 0.05) is 25.9 Å². The van der Waals surface area contributed by atoms with Crippen LogP contribution >= 0.6 is 0 Å². The van der Waals surface area contributed by atoms with Crippen molar-refractivity contribution in [2.24, 2.45) is 0 Å². The number of aromatic hydroxyl groups is 2. The van der Waals surface area contributed by atoms with Gasteiger partial charge < -0.3 is 24.6 Å². The summed E-state index contributed by atoms with van der Waals surface area (Å²) in [5.74, 6) is -1.01. The standard InChI is InChI=1S/C23H25FN2O6/c24-19-13-16(2-5-20(19)25-7-9-31-10-8-25)26-14-18(32-23(26)30)4-3-17(27)11-15-1-6-21(28)22(29)12-15/h1-2,5-6,12-13,18,28-29H,3-4,7-11,14H2/t18-/m0/s1. The van der Waals surface area contributed by atoms with Gasteiger partial charge in [0.15, 0.2) is 11.5 Å². The van der Waals surface area contributed by atoms with Crippen molar-refractivity contribution < 1.29 is 33.7 Å². The smallest absolute Gasteiger partial charge is 0.414 e. The van der Waals surface area contributed by atoms with Crippen LogP contribution in [-0.2, 0) is 20.7 Å². The predicted octanol–water partition coefficient (Wildman–Crippen LogP) is 2.99. The number of anilines is 2. The highest BCUT2D eigenvalue weighted by Crippen LogP contribution is 2.29. The van der Waals surface area contributed by atoms with Crippen molar-refractivity contribution in [1.82, 2.24) is 0 Å². The van der Waals surface area contributed by atoms with E-state index in [4.69, 9.17) is 9.47 Å². The Morgan fingerprint density at radius 1 is 1.09 bits per heavy atom. The third kappa shape index (κ3) is 4.94. The molecule has 0 saturated carbocycles. The van der Waals surface area contributed by atoms with Crippen LogP contribution in [0.15, 0.2) is 36.4 Å². The van der Waals surface area contributed by atoms with Crippen LogP contribution in [0.2, 0.25) is 0 Å². The first-order valence-corrected chi connectivity index (χ1v) is 10.5. The van der Waals surface area contributed by atoms with Crippen LogP contribution < -0.4 is 9.80 Å². The van der Waals surface area contributed by atoms with Crippen molar-refractivity contribution >= 4 is 23.3 Å². The largest absolute Gasteiger partial charge is 0.504 e. The lowest BCUT2D eigenvalue weighted by Crippen LogP contribution is -2.36. The molecule has 2 fully saturated rings. The van der Waals surface area contributed by atoms with Gasteiger partial charge in [0.1, 0.15) is 17.7 Å². The first-order valence-electron chi connectivity index (χ1n) is 10.5. The van der Waals surface area contributed by atoms with E-state index in [-0.39, 0.29) is 36.7 Å². The molecular weight excluding hydrogens is 419 g/mol. The summed E-state index contributed by atoms with van der Waals surface area (Å²) in [6, 6.07) is 8.93. The average molecular weight is 444 g/mol. The number of ketones is 1. The van der Waals surface area contributed by atoms with E-state index in [9.17, 15) is 24.2 Å². The summed E-state index contributed by atoms with van der Waals surface area (Å²) in [4.78, 5) is 27.9. The van der Waals surface area contributed by atoms with Gasteiger partial charge in [-0.05, 0) is 42.3 Å². The molecule has 0 spiro atoms. The topological polar surface area (TPSA) is 99.5 Å². The molecule has 2 aromatic carbocycles. The molecule has 9 heteroatoms. The number of Topliss-reactive ketones (excluding diaryl/α,β-unsaturated/α-hetero) is 1. The number of nitrogens with zero attached hydrogens (tertiary/aromatic N) is 2. The molecular formula is C23H25FN2O6. The first kappa shape index (κ1) is 21.9. The van der Waals surface area contributed by atoms with E-state index in [0.717, 1.165) is 0 Å². The maximum absolute atomic E-state index is 14.7. The van der Waals surface area contributed by atoms with Gasteiger partial charge >= 0.3 is 6.09 Å². The number of morpholine rings is 1. The van der Waals surface area contributed by atoms with Crippen molar-refractivity contribution in [2.75, 3.05) is 42.6 Å². The highest BCUT2D eigenvalue weighted by Gasteiger charge is 2.33. The number of amides is 1. The molecule has 2 saturated heterocycles. The molecule has 0 bridgehead atoms. The maximum atomic E-state index is 14.7. The molecule has 2 aliphatic rings. The van der Waals surface area contributed by atoms with Crippen LogP contribution in [0.5, 0.6) is 11.5 Å². The summed E-state index contributed by atoms with van der Waals surface area (Å²) in [6.07, 6.45) is -0.394. The number of cyclic esters (lactones) is 1. The number of hydrogen-bond donors (Lipinski definition) is 2. The third-order valence-electron chi connectivity index (χ3n) is 5.66. The van der Waals surface area contributed by atoms with E-state index in [2.05, 4.69) is 0 Å². The number of benzene rings is 2. The van der Waals surface area contributed by atoms with Gasteiger partial charge in [0.05, 0.1) is 31.1 Å². The molecule has 2 aliphatic heterocycles. The molecule has 1 atom stereocenters. The second-order valence-corrected chi connectivity index (χ2v) is 7.93. The molecule has 0 unspecified atom stereocenters. The van der Waals surface area contributed by atoms with Crippen molar-refractivity contribution in [2.45, 2.75) is 25.4 Å².